The minimum atomic E-state index is -1.02. The van der Waals surface area contributed by atoms with Gasteiger partial charge in [-0.25, -0.2) is 14.8 Å². The SMILES string of the molecule is Cc1ccc(-c2ncc(C(=O)O)cn2)c(C)c1. The van der Waals surface area contributed by atoms with Crippen LogP contribution in [-0.2, 0) is 0 Å². The van der Waals surface area contributed by atoms with E-state index < -0.39 is 5.97 Å². The molecular formula is C13H12N2O2. The summed E-state index contributed by atoms with van der Waals surface area (Å²) in [5.41, 5.74) is 3.27. The van der Waals surface area contributed by atoms with Crippen molar-refractivity contribution < 1.29 is 9.90 Å². The van der Waals surface area contributed by atoms with Crippen LogP contribution in [-0.4, -0.2) is 21.0 Å². The van der Waals surface area contributed by atoms with E-state index in [2.05, 4.69) is 9.97 Å². The molecule has 0 spiro atoms. The zero-order valence-corrected chi connectivity index (χ0v) is 9.64. The van der Waals surface area contributed by atoms with E-state index in [1.807, 2.05) is 32.0 Å². The molecule has 1 N–H and O–H groups in total. The first-order chi connectivity index (χ1) is 8.08. The molecule has 2 rings (SSSR count). The lowest BCUT2D eigenvalue weighted by Gasteiger charge is -2.05. The fourth-order valence-corrected chi connectivity index (χ4v) is 1.64. The van der Waals surface area contributed by atoms with Crippen molar-refractivity contribution in [2.24, 2.45) is 0 Å². The Hall–Kier alpha value is -2.23. The lowest BCUT2D eigenvalue weighted by Crippen LogP contribution is -2.00. The number of benzene rings is 1. The number of rotatable bonds is 2. The summed E-state index contributed by atoms with van der Waals surface area (Å²) in [5, 5.41) is 8.76. The Balaban J connectivity index is 2.43. The van der Waals surface area contributed by atoms with Crippen LogP contribution in [0.4, 0.5) is 0 Å². The number of carboxylic acids is 1. The van der Waals surface area contributed by atoms with Crippen LogP contribution in [0.3, 0.4) is 0 Å². The third kappa shape index (κ3) is 2.30. The molecule has 1 heterocycles. The van der Waals surface area contributed by atoms with Crippen LogP contribution in [0.15, 0.2) is 30.6 Å². The molecule has 2 aromatic rings. The number of hydrogen-bond donors (Lipinski definition) is 1. The number of nitrogens with zero attached hydrogens (tertiary/aromatic N) is 2. The average molecular weight is 228 g/mol. The van der Waals surface area contributed by atoms with Gasteiger partial charge in [0.25, 0.3) is 0 Å². The van der Waals surface area contributed by atoms with Crippen molar-refractivity contribution in [3.8, 4) is 11.4 Å². The molecule has 4 nitrogen and oxygen atoms in total. The van der Waals surface area contributed by atoms with E-state index in [0.29, 0.717) is 5.82 Å². The first-order valence-electron chi connectivity index (χ1n) is 5.21. The van der Waals surface area contributed by atoms with Crippen LogP contribution in [0.2, 0.25) is 0 Å². The van der Waals surface area contributed by atoms with Gasteiger partial charge in [0.15, 0.2) is 5.82 Å². The van der Waals surface area contributed by atoms with Crippen molar-refractivity contribution in [1.82, 2.24) is 9.97 Å². The maximum Gasteiger partial charge on any atom is 0.338 e. The van der Waals surface area contributed by atoms with E-state index in [-0.39, 0.29) is 5.56 Å². The molecule has 0 unspecified atom stereocenters. The van der Waals surface area contributed by atoms with Crippen molar-refractivity contribution in [1.29, 1.82) is 0 Å². The Morgan fingerprint density at radius 3 is 2.35 bits per heavy atom. The average Bonchev–Trinajstić information content (AvgIpc) is 2.29. The van der Waals surface area contributed by atoms with Crippen LogP contribution >= 0.6 is 0 Å². The molecule has 86 valence electrons. The number of aromatic carboxylic acids is 1. The van der Waals surface area contributed by atoms with Gasteiger partial charge in [0, 0.05) is 18.0 Å². The minimum absolute atomic E-state index is 0.0958. The zero-order chi connectivity index (χ0) is 12.4. The van der Waals surface area contributed by atoms with Gasteiger partial charge in [-0.3, -0.25) is 0 Å². The lowest BCUT2D eigenvalue weighted by atomic mass is 10.1. The number of aromatic nitrogens is 2. The zero-order valence-electron chi connectivity index (χ0n) is 9.64. The van der Waals surface area contributed by atoms with Gasteiger partial charge in [0.05, 0.1) is 5.56 Å². The van der Waals surface area contributed by atoms with Crippen molar-refractivity contribution >= 4 is 5.97 Å². The highest BCUT2D eigenvalue weighted by Crippen LogP contribution is 2.20. The molecule has 0 radical (unpaired) electrons. The van der Waals surface area contributed by atoms with Crippen LogP contribution in [0.1, 0.15) is 21.5 Å². The quantitative estimate of drug-likeness (QED) is 0.857. The van der Waals surface area contributed by atoms with E-state index in [4.69, 9.17) is 5.11 Å². The second-order valence-corrected chi connectivity index (χ2v) is 3.92. The van der Waals surface area contributed by atoms with Gasteiger partial charge in [0.1, 0.15) is 0 Å². The highest BCUT2D eigenvalue weighted by Gasteiger charge is 2.07. The Bertz CT molecular complexity index is 562. The first-order valence-corrected chi connectivity index (χ1v) is 5.21. The molecule has 0 fully saturated rings. The van der Waals surface area contributed by atoms with E-state index >= 15 is 0 Å². The smallest absolute Gasteiger partial charge is 0.338 e. The van der Waals surface area contributed by atoms with Crippen LogP contribution in [0.5, 0.6) is 0 Å². The largest absolute Gasteiger partial charge is 0.478 e. The summed E-state index contributed by atoms with van der Waals surface area (Å²) in [7, 11) is 0. The van der Waals surface area contributed by atoms with Crippen LogP contribution < -0.4 is 0 Å². The number of carbonyl (C=O) groups is 1. The van der Waals surface area contributed by atoms with Crippen LogP contribution in [0.25, 0.3) is 11.4 Å². The summed E-state index contributed by atoms with van der Waals surface area (Å²) in [5.74, 6) is -0.468. The summed E-state index contributed by atoms with van der Waals surface area (Å²) < 4.78 is 0. The minimum Gasteiger partial charge on any atom is -0.478 e. The van der Waals surface area contributed by atoms with Gasteiger partial charge in [-0.2, -0.15) is 0 Å². The Labute approximate surface area is 99.0 Å². The fraction of sp³-hybridized carbons (Fsp3) is 0.154. The summed E-state index contributed by atoms with van der Waals surface area (Å²) >= 11 is 0. The molecule has 1 aromatic carbocycles. The maximum atomic E-state index is 10.7. The molecule has 0 amide bonds. The summed E-state index contributed by atoms with van der Waals surface area (Å²) in [4.78, 5) is 18.8. The number of aryl methyl sites for hydroxylation is 2. The molecule has 0 aliphatic rings. The van der Waals surface area contributed by atoms with E-state index in [0.717, 1.165) is 11.1 Å². The van der Waals surface area contributed by atoms with Gasteiger partial charge in [0.2, 0.25) is 0 Å². The Kier molecular flexibility index (Phi) is 2.87. The van der Waals surface area contributed by atoms with Gasteiger partial charge in [-0.05, 0) is 19.4 Å². The molecule has 0 aliphatic heterocycles. The highest BCUT2D eigenvalue weighted by atomic mass is 16.4. The van der Waals surface area contributed by atoms with Gasteiger partial charge in [-0.1, -0.05) is 23.8 Å². The van der Waals surface area contributed by atoms with Crippen molar-refractivity contribution in [3.05, 3.63) is 47.3 Å². The second-order valence-electron chi connectivity index (χ2n) is 3.92. The maximum absolute atomic E-state index is 10.7. The molecule has 0 bridgehead atoms. The standard InChI is InChI=1S/C13H12N2O2/c1-8-3-4-11(9(2)5-8)12-14-6-10(7-15-12)13(16)17/h3-7H,1-2H3,(H,16,17). The Morgan fingerprint density at radius 1 is 1.18 bits per heavy atom. The predicted octanol–water partition coefficient (Wildman–Crippen LogP) is 2.46. The van der Waals surface area contributed by atoms with Gasteiger partial charge < -0.3 is 5.11 Å². The highest BCUT2D eigenvalue weighted by molar-refractivity contribution is 5.86. The third-order valence-electron chi connectivity index (χ3n) is 2.52. The fourth-order valence-electron chi connectivity index (χ4n) is 1.64. The normalized spacial score (nSPS) is 10.2. The predicted molar refractivity (Wildman–Crippen MR) is 63.9 cm³/mol. The topological polar surface area (TPSA) is 63.1 Å². The summed E-state index contributed by atoms with van der Waals surface area (Å²) in [6.45, 7) is 4.00. The van der Waals surface area contributed by atoms with E-state index in [1.54, 1.807) is 0 Å². The molecule has 0 saturated heterocycles. The third-order valence-corrected chi connectivity index (χ3v) is 2.52. The molecule has 0 saturated carbocycles. The lowest BCUT2D eigenvalue weighted by molar-refractivity contribution is 0.0696. The molecular weight excluding hydrogens is 216 g/mol. The van der Waals surface area contributed by atoms with Crippen LogP contribution in [0, 0.1) is 13.8 Å². The monoisotopic (exact) mass is 228 g/mol. The van der Waals surface area contributed by atoms with Crippen molar-refractivity contribution in [3.63, 3.8) is 0 Å². The summed E-state index contributed by atoms with van der Waals surface area (Å²) in [6.07, 6.45) is 2.65. The Morgan fingerprint density at radius 2 is 1.82 bits per heavy atom. The van der Waals surface area contributed by atoms with E-state index in [1.165, 1.54) is 18.0 Å². The van der Waals surface area contributed by atoms with Gasteiger partial charge >= 0.3 is 5.97 Å². The number of carboxylic acid groups (broad SMARTS) is 1. The summed E-state index contributed by atoms with van der Waals surface area (Å²) in [6, 6.07) is 5.97. The second kappa shape index (κ2) is 4.33. The molecule has 0 aliphatic carbocycles. The molecule has 17 heavy (non-hydrogen) atoms. The van der Waals surface area contributed by atoms with Gasteiger partial charge in [-0.15, -0.1) is 0 Å². The molecule has 1 aromatic heterocycles. The van der Waals surface area contributed by atoms with E-state index in [9.17, 15) is 4.79 Å². The van der Waals surface area contributed by atoms with Crippen molar-refractivity contribution in [2.75, 3.05) is 0 Å². The number of hydrogen-bond acceptors (Lipinski definition) is 3. The molecule has 4 heteroatoms. The first kappa shape index (κ1) is 11.3. The molecule has 0 atom stereocenters. The van der Waals surface area contributed by atoms with Crippen molar-refractivity contribution in [2.45, 2.75) is 13.8 Å².